The van der Waals surface area contributed by atoms with Gasteiger partial charge in [-0.25, -0.2) is 0 Å². The Labute approximate surface area is 62.7 Å². The number of hydrogen-bond acceptors (Lipinski definition) is 3. The molecule has 0 fully saturated rings. The van der Waals surface area contributed by atoms with Gasteiger partial charge < -0.3 is 10.2 Å². The molecule has 1 atom stereocenters. The van der Waals surface area contributed by atoms with Gasteiger partial charge in [0, 0.05) is 0 Å². The van der Waals surface area contributed by atoms with Gasteiger partial charge in [0.2, 0.25) is 0 Å². The third kappa shape index (κ3) is 0.534. The van der Waals surface area contributed by atoms with Crippen molar-refractivity contribution in [2.24, 2.45) is 0 Å². The fourth-order valence-electron chi connectivity index (χ4n) is 1.32. The third-order valence-electron chi connectivity index (χ3n) is 1.89. The lowest BCUT2D eigenvalue weighted by atomic mass is 10.0. The zero-order valence-electron chi connectivity index (χ0n) is 5.59. The topological polar surface area (TPSA) is 40.5 Å². The van der Waals surface area contributed by atoms with E-state index in [-0.39, 0.29) is 11.5 Å². The molecular formula is C7H8O2S. The van der Waals surface area contributed by atoms with Crippen LogP contribution in [-0.2, 0) is 6.42 Å². The average Bonchev–Trinajstić information content (AvgIpc) is 2.36. The second kappa shape index (κ2) is 1.66. The highest BCUT2D eigenvalue weighted by atomic mass is 32.1. The number of hydrogen-bond donors (Lipinski definition) is 2. The Balaban J connectivity index is 2.63. The molecule has 1 aromatic rings. The summed E-state index contributed by atoms with van der Waals surface area (Å²) in [5.41, 5.74) is 0. The highest BCUT2D eigenvalue weighted by molar-refractivity contribution is 7.13. The molecule has 10 heavy (non-hydrogen) atoms. The minimum absolute atomic E-state index is 0.109. The fourth-order valence-corrected chi connectivity index (χ4v) is 2.59. The van der Waals surface area contributed by atoms with Crippen LogP contribution in [0.5, 0.6) is 11.5 Å². The van der Waals surface area contributed by atoms with Crippen molar-refractivity contribution in [3.63, 3.8) is 0 Å². The normalized spacial score (nSPS) is 21.9. The molecule has 0 amide bonds. The largest absolute Gasteiger partial charge is 0.503 e. The van der Waals surface area contributed by atoms with Crippen LogP contribution in [0.2, 0.25) is 0 Å². The van der Waals surface area contributed by atoms with Crippen molar-refractivity contribution < 1.29 is 10.2 Å². The molecule has 1 aliphatic rings. The van der Waals surface area contributed by atoms with Crippen molar-refractivity contribution in [2.45, 2.75) is 19.3 Å². The average molecular weight is 156 g/mol. The van der Waals surface area contributed by atoms with Crippen LogP contribution in [0.3, 0.4) is 0 Å². The molecule has 1 aromatic heterocycles. The van der Waals surface area contributed by atoms with Crippen molar-refractivity contribution in [2.75, 3.05) is 0 Å². The van der Waals surface area contributed by atoms with Crippen molar-refractivity contribution in [1.82, 2.24) is 0 Å². The maximum absolute atomic E-state index is 9.21. The molecule has 2 bridgehead atoms. The summed E-state index contributed by atoms with van der Waals surface area (Å²) in [6.45, 7) is 2.05. The van der Waals surface area contributed by atoms with E-state index in [0.29, 0.717) is 5.92 Å². The predicted molar refractivity (Wildman–Crippen MR) is 39.8 cm³/mol. The van der Waals surface area contributed by atoms with Crippen LogP contribution in [-0.4, -0.2) is 10.2 Å². The molecule has 2 nitrogen and oxygen atoms in total. The lowest BCUT2D eigenvalue weighted by Crippen LogP contribution is -1.92. The molecule has 0 saturated heterocycles. The van der Waals surface area contributed by atoms with E-state index >= 15 is 0 Å². The van der Waals surface area contributed by atoms with E-state index < -0.39 is 0 Å². The van der Waals surface area contributed by atoms with Crippen LogP contribution in [0.15, 0.2) is 0 Å². The zero-order valence-corrected chi connectivity index (χ0v) is 6.40. The van der Waals surface area contributed by atoms with Gasteiger partial charge in [-0.1, -0.05) is 6.92 Å². The second-order valence-electron chi connectivity index (χ2n) is 2.69. The van der Waals surface area contributed by atoms with Gasteiger partial charge >= 0.3 is 0 Å². The van der Waals surface area contributed by atoms with E-state index in [1.807, 2.05) is 0 Å². The van der Waals surface area contributed by atoms with Crippen molar-refractivity contribution in [3.05, 3.63) is 9.75 Å². The van der Waals surface area contributed by atoms with E-state index in [4.69, 9.17) is 5.11 Å². The summed E-state index contributed by atoms with van der Waals surface area (Å²) in [5.74, 6) is 0.632. The van der Waals surface area contributed by atoms with Gasteiger partial charge in [0.05, 0.1) is 9.75 Å². The Bertz CT molecular complexity index is 277. The van der Waals surface area contributed by atoms with Gasteiger partial charge in [-0.05, 0) is 12.3 Å². The van der Waals surface area contributed by atoms with Crippen LogP contribution in [0.4, 0.5) is 0 Å². The maximum Gasteiger partial charge on any atom is 0.172 e. The molecule has 0 spiro atoms. The number of aromatic hydroxyl groups is 2. The quantitative estimate of drug-likeness (QED) is 0.601. The standard InChI is InChI=1S/C7H8O2S/c1-3-2-4-5(8)6(9)7(3)10-4/h3,8-9H,2H2,1H3. The van der Waals surface area contributed by atoms with Gasteiger partial charge in [-0.15, -0.1) is 11.3 Å². The molecule has 2 N–H and O–H groups in total. The summed E-state index contributed by atoms with van der Waals surface area (Å²) in [6, 6.07) is 0. The molecule has 1 unspecified atom stereocenters. The van der Waals surface area contributed by atoms with Gasteiger partial charge in [0.1, 0.15) is 0 Å². The van der Waals surface area contributed by atoms with Crippen LogP contribution in [0, 0.1) is 0 Å². The fraction of sp³-hybridized carbons (Fsp3) is 0.429. The number of fused-ring (bicyclic) bond motifs is 2. The van der Waals surface area contributed by atoms with E-state index in [0.717, 1.165) is 16.2 Å². The Hall–Kier alpha value is -0.700. The molecule has 2 heterocycles. The molecule has 54 valence electrons. The number of thiophene rings is 1. The van der Waals surface area contributed by atoms with Crippen LogP contribution in [0.1, 0.15) is 22.6 Å². The Morgan fingerprint density at radius 1 is 1.40 bits per heavy atom. The summed E-state index contributed by atoms with van der Waals surface area (Å²) in [6.07, 6.45) is 0.899. The van der Waals surface area contributed by atoms with Crippen LogP contribution < -0.4 is 0 Å². The first-order valence-corrected chi connectivity index (χ1v) is 4.05. The summed E-state index contributed by atoms with van der Waals surface area (Å²) in [7, 11) is 0. The summed E-state index contributed by atoms with van der Waals surface area (Å²) < 4.78 is 0. The highest BCUT2D eigenvalue weighted by Gasteiger charge is 2.28. The van der Waals surface area contributed by atoms with Crippen molar-refractivity contribution in [3.8, 4) is 11.5 Å². The third-order valence-corrected chi connectivity index (χ3v) is 3.32. The van der Waals surface area contributed by atoms with Crippen molar-refractivity contribution in [1.29, 1.82) is 0 Å². The lowest BCUT2D eigenvalue weighted by molar-refractivity contribution is 0.391. The predicted octanol–water partition coefficient (Wildman–Crippen LogP) is 1.82. The van der Waals surface area contributed by atoms with E-state index in [9.17, 15) is 5.11 Å². The molecule has 0 radical (unpaired) electrons. The molecule has 0 aliphatic carbocycles. The van der Waals surface area contributed by atoms with Gasteiger partial charge in [-0.2, -0.15) is 0 Å². The van der Waals surface area contributed by atoms with Gasteiger partial charge in [0.15, 0.2) is 11.5 Å². The summed E-state index contributed by atoms with van der Waals surface area (Å²) in [5, 5.41) is 18.4. The van der Waals surface area contributed by atoms with Crippen LogP contribution >= 0.6 is 11.3 Å². The van der Waals surface area contributed by atoms with E-state index in [2.05, 4.69) is 6.92 Å². The monoisotopic (exact) mass is 156 g/mol. The first-order chi connectivity index (χ1) is 4.70. The first kappa shape index (κ1) is 6.04. The van der Waals surface area contributed by atoms with E-state index in [1.165, 1.54) is 11.3 Å². The van der Waals surface area contributed by atoms with Crippen LogP contribution in [0.25, 0.3) is 0 Å². The summed E-state index contributed by atoms with van der Waals surface area (Å²) >= 11 is 1.52. The first-order valence-electron chi connectivity index (χ1n) is 3.23. The molecule has 0 saturated carbocycles. The highest BCUT2D eigenvalue weighted by Crippen LogP contribution is 2.51. The molecule has 2 rings (SSSR count). The molecule has 0 aromatic carbocycles. The lowest BCUT2D eigenvalue weighted by Gasteiger charge is -2.07. The SMILES string of the molecule is CC1Cc2sc1c(O)c2O. The zero-order chi connectivity index (χ0) is 7.30. The molecular weight excluding hydrogens is 148 g/mol. The van der Waals surface area contributed by atoms with E-state index in [1.54, 1.807) is 0 Å². The van der Waals surface area contributed by atoms with Crippen molar-refractivity contribution >= 4 is 11.3 Å². The maximum atomic E-state index is 9.21. The Kier molecular flexibility index (Phi) is 1.01. The Morgan fingerprint density at radius 3 is 2.50 bits per heavy atom. The van der Waals surface area contributed by atoms with Gasteiger partial charge in [0.25, 0.3) is 0 Å². The minimum atomic E-state index is 0.109. The minimum Gasteiger partial charge on any atom is -0.503 e. The number of rotatable bonds is 0. The Morgan fingerprint density at radius 2 is 2.10 bits per heavy atom. The molecule has 1 aliphatic heterocycles. The van der Waals surface area contributed by atoms with Gasteiger partial charge in [-0.3, -0.25) is 0 Å². The molecule has 3 heteroatoms. The second-order valence-corrected chi connectivity index (χ2v) is 3.83. The smallest absolute Gasteiger partial charge is 0.172 e. The summed E-state index contributed by atoms with van der Waals surface area (Å²) in [4.78, 5) is 1.87.